The Balaban J connectivity index is 1.88. The minimum absolute atomic E-state index is 0.136. The van der Waals surface area contributed by atoms with Gasteiger partial charge < -0.3 is 0 Å². The summed E-state index contributed by atoms with van der Waals surface area (Å²) in [5, 5.41) is 1.07. The maximum Gasteiger partial charge on any atom is 0.345 e. The number of anilines is 1. The van der Waals surface area contributed by atoms with Gasteiger partial charge in [0.1, 0.15) is 11.6 Å². The molecule has 0 saturated heterocycles. The van der Waals surface area contributed by atoms with Gasteiger partial charge in [0.15, 0.2) is 0 Å². The van der Waals surface area contributed by atoms with Crippen LogP contribution in [-0.2, 0) is 11.3 Å². The zero-order valence-corrected chi connectivity index (χ0v) is 13.9. The molecule has 0 saturated carbocycles. The minimum atomic E-state index is 0.136. The van der Waals surface area contributed by atoms with Crippen molar-refractivity contribution in [3.05, 3.63) is 60.2 Å². The Bertz CT molecular complexity index is 856. The molecule has 1 aliphatic heterocycles. The molecular weight excluding hydrogens is 304 g/mol. The molecule has 1 aliphatic rings. The maximum absolute atomic E-state index is 12.7. The van der Waals surface area contributed by atoms with Gasteiger partial charge in [-0.2, -0.15) is 4.90 Å². The largest absolute Gasteiger partial charge is 0.345 e. The van der Waals surface area contributed by atoms with Gasteiger partial charge in [-0.05, 0) is 29.0 Å². The average molecular weight is 323 g/mol. The van der Waals surface area contributed by atoms with Crippen molar-refractivity contribution in [1.82, 2.24) is 0 Å². The topological polar surface area (TPSA) is 24.2 Å². The lowest BCUT2D eigenvalue weighted by atomic mass is 10.0. The Labute approximate surface area is 139 Å². The van der Waals surface area contributed by atoms with Crippen LogP contribution in [0.25, 0.3) is 10.2 Å². The first-order valence-corrected chi connectivity index (χ1v) is 8.89. The second kappa shape index (κ2) is 5.78. The summed E-state index contributed by atoms with van der Waals surface area (Å²) in [6.45, 7) is 2.89. The van der Waals surface area contributed by atoms with Crippen LogP contribution < -0.4 is 9.47 Å². The lowest BCUT2D eigenvalue weighted by molar-refractivity contribution is -0.660. The van der Waals surface area contributed by atoms with Gasteiger partial charge in [-0.15, -0.1) is 0 Å². The van der Waals surface area contributed by atoms with E-state index in [1.54, 1.807) is 11.3 Å². The summed E-state index contributed by atoms with van der Waals surface area (Å²) in [4.78, 5) is 14.7. The van der Waals surface area contributed by atoms with Gasteiger partial charge >= 0.3 is 11.0 Å². The summed E-state index contributed by atoms with van der Waals surface area (Å²) in [5.41, 5.74) is 2.45. The average Bonchev–Trinajstić information content (AvgIpc) is 2.99. The SMILES string of the molecule is CCC(=O)N1c2sc3ccccc3[n+]2CC[C@H]1c1ccccc1. The molecule has 3 aromatic rings. The van der Waals surface area contributed by atoms with Crippen LogP contribution in [0.2, 0.25) is 0 Å². The van der Waals surface area contributed by atoms with Gasteiger partial charge in [0.2, 0.25) is 0 Å². The molecule has 2 aromatic carbocycles. The number of carbonyl (C=O) groups is 1. The number of hydrogen-bond donors (Lipinski definition) is 0. The number of aryl methyl sites for hydroxylation is 1. The number of thiazole rings is 1. The van der Waals surface area contributed by atoms with Crippen LogP contribution in [0.3, 0.4) is 0 Å². The van der Waals surface area contributed by atoms with E-state index in [0.29, 0.717) is 6.42 Å². The first-order valence-electron chi connectivity index (χ1n) is 8.08. The Morgan fingerprint density at radius 2 is 1.91 bits per heavy atom. The highest BCUT2D eigenvalue weighted by atomic mass is 32.1. The minimum Gasteiger partial charge on any atom is -0.247 e. The second-order valence-electron chi connectivity index (χ2n) is 5.84. The quantitative estimate of drug-likeness (QED) is 0.652. The second-order valence-corrected chi connectivity index (χ2v) is 6.85. The van der Waals surface area contributed by atoms with E-state index in [-0.39, 0.29) is 11.9 Å². The van der Waals surface area contributed by atoms with Crippen molar-refractivity contribution in [2.45, 2.75) is 32.4 Å². The Kier molecular flexibility index (Phi) is 3.62. The smallest absolute Gasteiger partial charge is 0.247 e. The van der Waals surface area contributed by atoms with E-state index in [0.717, 1.165) is 18.1 Å². The highest BCUT2D eigenvalue weighted by Gasteiger charge is 2.41. The molecule has 1 atom stereocenters. The Hall–Kier alpha value is -2.20. The third-order valence-electron chi connectivity index (χ3n) is 4.49. The van der Waals surface area contributed by atoms with Crippen LogP contribution >= 0.6 is 11.3 Å². The van der Waals surface area contributed by atoms with Crippen LogP contribution in [0.15, 0.2) is 54.6 Å². The molecule has 3 nitrogen and oxygen atoms in total. The molecule has 1 amide bonds. The molecule has 0 N–H and O–H groups in total. The summed E-state index contributed by atoms with van der Waals surface area (Å²) in [6.07, 6.45) is 1.48. The fraction of sp³-hybridized carbons (Fsp3) is 0.263. The normalized spacial score (nSPS) is 17.3. The number of carbonyl (C=O) groups excluding carboxylic acids is 1. The monoisotopic (exact) mass is 323 g/mol. The molecule has 4 heteroatoms. The number of amides is 1. The van der Waals surface area contributed by atoms with Crippen molar-refractivity contribution in [1.29, 1.82) is 0 Å². The molecule has 2 heterocycles. The third kappa shape index (κ3) is 2.34. The first-order chi connectivity index (χ1) is 11.3. The van der Waals surface area contributed by atoms with Crippen molar-refractivity contribution < 1.29 is 9.36 Å². The van der Waals surface area contributed by atoms with Crippen LogP contribution in [0, 0.1) is 0 Å². The predicted molar refractivity (Wildman–Crippen MR) is 93.6 cm³/mol. The van der Waals surface area contributed by atoms with Crippen LogP contribution in [-0.4, -0.2) is 5.91 Å². The van der Waals surface area contributed by atoms with Crippen molar-refractivity contribution in [2.24, 2.45) is 0 Å². The van der Waals surface area contributed by atoms with Crippen molar-refractivity contribution >= 4 is 32.6 Å². The van der Waals surface area contributed by atoms with Crippen LogP contribution in [0.5, 0.6) is 0 Å². The summed E-state index contributed by atoms with van der Waals surface area (Å²) in [6, 6.07) is 18.9. The molecule has 0 fully saturated rings. The van der Waals surface area contributed by atoms with Gasteiger partial charge in [-0.3, -0.25) is 0 Å². The van der Waals surface area contributed by atoms with E-state index < -0.39 is 0 Å². The number of fused-ring (bicyclic) bond motifs is 3. The zero-order valence-electron chi connectivity index (χ0n) is 13.1. The fourth-order valence-corrected chi connectivity index (χ4v) is 4.63. The van der Waals surface area contributed by atoms with E-state index in [2.05, 4.69) is 53.1 Å². The molecule has 0 spiro atoms. The molecule has 0 radical (unpaired) electrons. The third-order valence-corrected chi connectivity index (χ3v) is 5.65. The van der Waals surface area contributed by atoms with Gasteiger partial charge in [-0.1, -0.05) is 49.4 Å². The number of aromatic nitrogens is 1. The number of para-hydroxylation sites is 1. The lowest BCUT2D eigenvalue weighted by Gasteiger charge is -2.28. The molecule has 0 bridgehead atoms. The van der Waals surface area contributed by atoms with Crippen LogP contribution in [0.1, 0.15) is 31.4 Å². The number of benzene rings is 2. The zero-order chi connectivity index (χ0) is 15.8. The number of rotatable bonds is 2. The molecule has 1 aromatic heterocycles. The molecule has 116 valence electrons. The Morgan fingerprint density at radius 3 is 2.70 bits per heavy atom. The van der Waals surface area contributed by atoms with Gasteiger partial charge in [-0.25, -0.2) is 9.36 Å². The molecule has 23 heavy (non-hydrogen) atoms. The fourth-order valence-electron chi connectivity index (χ4n) is 3.37. The first kappa shape index (κ1) is 14.4. The Morgan fingerprint density at radius 1 is 1.17 bits per heavy atom. The van der Waals surface area contributed by atoms with Gasteiger partial charge in [0.05, 0.1) is 11.2 Å². The van der Waals surface area contributed by atoms with Crippen molar-refractivity contribution in [2.75, 3.05) is 4.90 Å². The lowest BCUT2D eigenvalue weighted by Crippen LogP contribution is -2.50. The van der Waals surface area contributed by atoms with Gasteiger partial charge in [0, 0.05) is 12.8 Å². The summed E-state index contributed by atoms with van der Waals surface area (Å²) in [5.74, 6) is 0.193. The molecular formula is C19H19N2OS+. The highest BCUT2D eigenvalue weighted by Crippen LogP contribution is 2.38. The van der Waals surface area contributed by atoms with Crippen LogP contribution in [0.4, 0.5) is 5.13 Å². The van der Waals surface area contributed by atoms with E-state index in [1.807, 2.05) is 17.9 Å². The standard InChI is InChI=1S/C19H19N2OS/c1-2-18(22)21-15(14-8-4-3-5-9-14)12-13-20-16-10-6-7-11-17(16)23-19(20)21/h3-11,15H,2,12-13H2,1H3/q+1/t15-/m0/s1. The van der Waals surface area contributed by atoms with E-state index in [9.17, 15) is 4.79 Å². The van der Waals surface area contributed by atoms with Gasteiger partial charge in [0.25, 0.3) is 0 Å². The van der Waals surface area contributed by atoms with E-state index in [1.165, 1.54) is 15.8 Å². The van der Waals surface area contributed by atoms with E-state index >= 15 is 0 Å². The number of hydrogen-bond acceptors (Lipinski definition) is 2. The summed E-state index contributed by atoms with van der Waals surface area (Å²) < 4.78 is 3.54. The van der Waals surface area contributed by atoms with Crippen molar-refractivity contribution in [3.63, 3.8) is 0 Å². The maximum atomic E-state index is 12.7. The number of nitrogens with zero attached hydrogens (tertiary/aromatic N) is 2. The van der Waals surface area contributed by atoms with E-state index in [4.69, 9.17) is 0 Å². The molecule has 0 aliphatic carbocycles. The summed E-state index contributed by atoms with van der Waals surface area (Å²) >= 11 is 1.72. The molecule has 0 unspecified atom stereocenters. The summed E-state index contributed by atoms with van der Waals surface area (Å²) in [7, 11) is 0. The van der Waals surface area contributed by atoms with Crippen molar-refractivity contribution in [3.8, 4) is 0 Å². The highest BCUT2D eigenvalue weighted by molar-refractivity contribution is 7.21. The molecule has 4 rings (SSSR count). The predicted octanol–water partition coefficient (Wildman–Crippen LogP) is 4.08.